The van der Waals surface area contributed by atoms with Gasteiger partial charge in [-0.25, -0.2) is 0 Å². The van der Waals surface area contributed by atoms with Crippen molar-refractivity contribution in [2.45, 2.75) is 12.8 Å². The fraction of sp³-hybridized carbons (Fsp3) is 0.400. The third-order valence-corrected chi connectivity index (χ3v) is 4.67. The quantitative estimate of drug-likeness (QED) is 0.805. The summed E-state index contributed by atoms with van der Waals surface area (Å²) >= 11 is 0. The Balaban J connectivity index is 1.60. The molecule has 0 atom stereocenters. The topological polar surface area (TPSA) is 72.2 Å². The highest BCUT2D eigenvalue weighted by atomic mass is 16.5. The van der Waals surface area contributed by atoms with Crippen LogP contribution in [0.3, 0.4) is 0 Å². The molecular formula is C20H24N2O5. The molecule has 0 radical (unpaired) electrons. The van der Waals surface area contributed by atoms with E-state index in [1.165, 1.54) is 6.26 Å². The lowest BCUT2D eigenvalue weighted by Gasteiger charge is -2.22. The molecule has 0 spiro atoms. The van der Waals surface area contributed by atoms with Crippen LogP contribution in [0, 0.1) is 0 Å². The molecule has 27 heavy (non-hydrogen) atoms. The first-order valence-electron chi connectivity index (χ1n) is 8.94. The number of hydrogen-bond acceptors (Lipinski definition) is 5. The van der Waals surface area contributed by atoms with E-state index >= 15 is 0 Å². The molecule has 0 bridgehead atoms. The van der Waals surface area contributed by atoms with Gasteiger partial charge in [-0.2, -0.15) is 0 Å². The number of methoxy groups -OCH3 is 2. The average Bonchev–Trinajstić information content (AvgIpc) is 3.11. The summed E-state index contributed by atoms with van der Waals surface area (Å²) in [5.74, 6) is 1.48. The van der Waals surface area contributed by atoms with Crippen LogP contribution in [0.5, 0.6) is 11.5 Å². The van der Waals surface area contributed by atoms with Crippen LogP contribution >= 0.6 is 0 Å². The first kappa shape index (κ1) is 18.8. The summed E-state index contributed by atoms with van der Waals surface area (Å²) in [6.45, 7) is 2.25. The minimum absolute atomic E-state index is 0.0366. The Morgan fingerprint density at radius 2 is 1.74 bits per heavy atom. The van der Waals surface area contributed by atoms with Crippen LogP contribution in [0.15, 0.2) is 41.0 Å². The number of rotatable bonds is 5. The van der Waals surface area contributed by atoms with E-state index in [4.69, 9.17) is 13.9 Å². The average molecular weight is 372 g/mol. The number of hydrogen-bond donors (Lipinski definition) is 0. The van der Waals surface area contributed by atoms with Crippen molar-refractivity contribution in [1.29, 1.82) is 0 Å². The number of benzene rings is 1. The van der Waals surface area contributed by atoms with Gasteiger partial charge in [0.15, 0.2) is 17.3 Å². The lowest BCUT2D eigenvalue weighted by Crippen LogP contribution is -2.37. The lowest BCUT2D eigenvalue weighted by molar-refractivity contribution is -0.130. The molecule has 2 heterocycles. The van der Waals surface area contributed by atoms with E-state index in [2.05, 4.69) is 0 Å². The molecule has 1 aromatic heterocycles. The van der Waals surface area contributed by atoms with Crippen LogP contribution in [0.1, 0.15) is 22.5 Å². The molecule has 7 heteroatoms. The second-order valence-corrected chi connectivity index (χ2v) is 6.37. The molecule has 0 unspecified atom stereocenters. The largest absolute Gasteiger partial charge is 0.493 e. The van der Waals surface area contributed by atoms with Crippen molar-refractivity contribution >= 4 is 11.8 Å². The fourth-order valence-electron chi connectivity index (χ4n) is 3.20. The van der Waals surface area contributed by atoms with Gasteiger partial charge in [0, 0.05) is 26.2 Å². The zero-order chi connectivity index (χ0) is 19.2. The van der Waals surface area contributed by atoms with Gasteiger partial charge in [0.05, 0.1) is 26.9 Å². The highest BCUT2D eigenvalue weighted by Crippen LogP contribution is 2.27. The Morgan fingerprint density at radius 3 is 2.44 bits per heavy atom. The maximum absolute atomic E-state index is 12.7. The van der Waals surface area contributed by atoms with Gasteiger partial charge in [-0.15, -0.1) is 0 Å². The van der Waals surface area contributed by atoms with Crippen LogP contribution in [-0.4, -0.2) is 62.0 Å². The summed E-state index contributed by atoms with van der Waals surface area (Å²) in [4.78, 5) is 28.7. The van der Waals surface area contributed by atoms with Crippen molar-refractivity contribution in [3.8, 4) is 11.5 Å². The second kappa shape index (κ2) is 8.62. The van der Waals surface area contributed by atoms with Crippen LogP contribution in [0.25, 0.3) is 0 Å². The van der Waals surface area contributed by atoms with E-state index in [0.717, 1.165) is 12.0 Å². The van der Waals surface area contributed by atoms with E-state index in [-0.39, 0.29) is 18.2 Å². The summed E-state index contributed by atoms with van der Waals surface area (Å²) in [5.41, 5.74) is 0.866. The zero-order valence-corrected chi connectivity index (χ0v) is 15.6. The Kier molecular flexibility index (Phi) is 6.01. The highest BCUT2D eigenvalue weighted by Gasteiger charge is 2.24. The standard InChI is InChI=1S/C20H24N2O5/c1-25-16-7-6-15(13-18(16)26-2)14-19(23)21-8-4-9-22(11-10-21)20(24)17-5-3-12-27-17/h3,5-7,12-13H,4,8-11,14H2,1-2H3. The number of nitrogens with zero attached hydrogens (tertiary/aromatic N) is 2. The number of carbonyl (C=O) groups is 2. The van der Waals surface area contributed by atoms with Crippen molar-refractivity contribution in [3.63, 3.8) is 0 Å². The van der Waals surface area contributed by atoms with Crippen LogP contribution < -0.4 is 9.47 Å². The van der Waals surface area contributed by atoms with Crippen molar-refractivity contribution in [2.75, 3.05) is 40.4 Å². The van der Waals surface area contributed by atoms with E-state index in [1.54, 1.807) is 37.3 Å². The maximum atomic E-state index is 12.7. The molecule has 0 saturated carbocycles. The zero-order valence-electron chi connectivity index (χ0n) is 15.6. The van der Waals surface area contributed by atoms with Crippen LogP contribution in [0.4, 0.5) is 0 Å². The molecule has 144 valence electrons. The van der Waals surface area contributed by atoms with Crippen molar-refractivity contribution < 1.29 is 23.5 Å². The van der Waals surface area contributed by atoms with E-state index in [9.17, 15) is 9.59 Å². The number of furan rings is 1. The second-order valence-electron chi connectivity index (χ2n) is 6.37. The predicted molar refractivity (Wildman–Crippen MR) is 99.1 cm³/mol. The molecule has 1 aromatic carbocycles. The van der Waals surface area contributed by atoms with Gasteiger partial charge in [-0.3, -0.25) is 9.59 Å². The number of amides is 2. The smallest absolute Gasteiger partial charge is 0.289 e. The molecule has 3 rings (SSSR count). The predicted octanol–water partition coefficient (Wildman–Crippen LogP) is 2.21. The van der Waals surface area contributed by atoms with Crippen LogP contribution in [0.2, 0.25) is 0 Å². The van der Waals surface area contributed by atoms with Crippen molar-refractivity contribution in [1.82, 2.24) is 9.80 Å². The van der Waals surface area contributed by atoms with Gasteiger partial charge < -0.3 is 23.7 Å². The molecule has 2 amide bonds. The molecule has 1 saturated heterocycles. The summed E-state index contributed by atoms with van der Waals surface area (Å²) in [7, 11) is 3.15. The molecule has 2 aromatic rings. The summed E-state index contributed by atoms with van der Waals surface area (Å²) in [6.07, 6.45) is 2.51. The molecular weight excluding hydrogens is 348 g/mol. The van der Waals surface area contributed by atoms with Crippen molar-refractivity contribution in [2.24, 2.45) is 0 Å². The SMILES string of the molecule is COc1ccc(CC(=O)N2CCCN(C(=O)c3ccco3)CC2)cc1OC. The lowest BCUT2D eigenvalue weighted by atomic mass is 10.1. The minimum Gasteiger partial charge on any atom is -0.493 e. The Hall–Kier alpha value is -2.96. The normalized spacial score (nSPS) is 14.6. The summed E-state index contributed by atoms with van der Waals surface area (Å²) in [6, 6.07) is 8.84. The molecule has 0 N–H and O–H groups in total. The van der Waals surface area contributed by atoms with Gasteiger partial charge in [0.25, 0.3) is 5.91 Å². The monoisotopic (exact) mass is 372 g/mol. The molecule has 1 aliphatic rings. The fourth-order valence-corrected chi connectivity index (χ4v) is 3.20. The summed E-state index contributed by atoms with van der Waals surface area (Å²) in [5, 5.41) is 0. The highest BCUT2D eigenvalue weighted by molar-refractivity contribution is 5.91. The Bertz CT molecular complexity index is 788. The van der Waals surface area contributed by atoms with Gasteiger partial charge in [0.2, 0.25) is 5.91 Å². The molecule has 0 aliphatic carbocycles. The number of carbonyl (C=O) groups excluding carboxylic acids is 2. The maximum Gasteiger partial charge on any atom is 0.289 e. The first-order chi connectivity index (χ1) is 13.1. The van der Waals surface area contributed by atoms with Gasteiger partial charge >= 0.3 is 0 Å². The third kappa shape index (κ3) is 4.42. The van der Waals surface area contributed by atoms with Crippen molar-refractivity contribution in [3.05, 3.63) is 47.9 Å². The van der Waals surface area contributed by atoms with E-state index in [0.29, 0.717) is 43.4 Å². The molecule has 7 nitrogen and oxygen atoms in total. The Labute approximate surface area is 158 Å². The van der Waals surface area contributed by atoms with Gasteiger partial charge in [-0.05, 0) is 36.2 Å². The molecule has 1 fully saturated rings. The van der Waals surface area contributed by atoms with E-state index < -0.39 is 0 Å². The van der Waals surface area contributed by atoms with E-state index in [1.807, 2.05) is 17.0 Å². The Morgan fingerprint density at radius 1 is 1.00 bits per heavy atom. The third-order valence-electron chi connectivity index (χ3n) is 4.67. The first-order valence-corrected chi connectivity index (χ1v) is 8.94. The van der Waals surface area contributed by atoms with Gasteiger partial charge in [0.1, 0.15) is 0 Å². The number of ether oxygens (including phenoxy) is 2. The molecule has 1 aliphatic heterocycles. The summed E-state index contributed by atoms with van der Waals surface area (Å²) < 4.78 is 15.7. The van der Waals surface area contributed by atoms with Gasteiger partial charge in [-0.1, -0.05) is 6.07 Å². The minimum atomic E-state index is -0.130. The van der Waals surface area contributed by atoms with Crippen LogP contribution in [-0.2, 0) is 11.2 Å².